The summed E-state index contributed by atoms with van der Waals surface area (Å²) < 4.78 is 10.7. The van der Waals surface area contributed by atoms with Crippen LogP contribution in [0.5, 0.6) is 0 Å². The van der Waals surface area contributed by atoms with Gasteiger partial charge in [-0.25, -0.2) is 9.59 Å². The van der Waals surface area contributed by atoms with Gasteiger partial charge in [0.25, 0.3) is 0 Å². The standard InChI is InChI=1S/C24H44N4O8/c1-23(2,3)35-19(29)7-9-25-11-15-27(21(31)32)17-13-26(10-8-20(30)36-24(4,5)6)14-18-28(16-12-25)22(33)34/h7-18H2,1-6H3,(H,31,32)(H,33,34). The summed E-state index contributed by atoms with van der Waals surface area (Å²) in [5.74, 6) is -0.723. The normalized spacial score (nSPS) is 17.6. The van der Waals surface area contributed by atoms with Crippen LogP contribution in [-0.2, 0) is 19.1 Å². The largest absolute Gasteiger partial charge is 0.465 e. The van der Waals surface area contributed by atoms with E-state index >= 15 is 0 Å². The number of amides is 2. The molecule has 0 atom stereocenters. The molecule has 12 heteroatoms. The van der Waals surface area contributed by atoms with Crippen LogP contribution in [0.25, 0.3) is 0 Å². The summed E-state index contributed by atoms with van der Waals surface area (Å²) >= 11 is 0. The van der Waals surface area contributed by atoms with Gasteiger partial charge in [0.15, 0.2) is 0 Å². The summed E-state index contributed by atoms with van der Waals surface area (Å²) in [6.07, 6.45) is -1.87. The summed E-state index contributed by atoms with van der Waals surface area (Å²) in [5, 5.41) is 19.4. The van der Waals surface area contributed by atoms with Crippen LogP contribution in [0, 0.1) is 0 Å². The van der Waals surface area contributed by atoms with Crippen LogP contribution in [0.4, 0.5) is 9.59 Å². The minimum atomic E-state index is -1.06. The number of hydrogen-bond donors (Lipinski definition) is 2. The van der Waals surface area contributed by atoms with Crippen molar-refractivity contribution in [2.75, 3.05) is 65.4 Å². The highest BCUT2D eigenvalue weighted by Gasteiger charge is 2.23. The zero-order valence-electron chi connectivity index (χ0n) is 22.6. The molecule has 2 N–H and O–H groups in total. The first-order valence-corrected chi connectivity index (χ1v) is 12.4. The first-order chi connectivity index (χ1) is 16.6. The molecule has 1 fully saturated rings. The second kappa shape index (κ2) is 14.2. The van der Waals surface area contributed by atoms with Crippen molar-refractivity contribution in [1.29, 1.82) is 0 Å². The Balaban J connectivity index is 2.86. The Morgan fingerprint density at radius 1 is 0.583 bits per heavy atom. The number of ether oxygens (including phenoxy) is 2. The van der Waals surface area contributed by atoms with E-state index in [0.717, 1.165) is 0 Å². The Morgan fingerprint density at radius 2 is 0.861 bits per heavy atom. The third-order valence-corrected chi connectivity index (χ3v) is 5.39. The first-order valence-electron chi connectivity index (χ1n) is 12.4. The minimum absolute atomic E-state index is 0.121. The number of esters is 2. The fraction of sp³-hybridized carbons (Fsp3) is 0.833. The van der Waals surface area contributed by atoms with Gasteiger partial charge in [-0.2, -0.15) is 0 Å². The first kappa shape index (κ1) is 31.4. The second-order valence-electron chi connectivity index (χ2n) is 10.9. The van der Waals surface area contributed by atoms with Gasteiger partial charge in [-0.05, 0) is 41.5 Å². The Bertz CT molecular complexity index is 669. The zero-order valence-corrected chi connectivity index (χ0v) is 22.6. The molecule has 0 spiro atoms. The van der Waals surface area contributed by atoms with E-state index in [-0.39, 0.29) is 51.0 Å². The third kappa shape index (κ3) is 14.1. The fourth-order valence-electron chi connectivity index (χ4n) is 3.61. The number of carbonyl (C=O) groups is 4. The summed E-state index contributed by atoms with van der Waals surface area (Å²) in [7, 11) is 0. The van der Waals surface area contributed by atoms with Crippen molar-refractivity contribution in [3.05, 3.63) is 0 Å². The van der Waals surface area contributed by atoms with Gasteiger partial charge in [0, 0.05) is 65.4 Å². The van der Waals surface area contributed by atoms with Gasteiger partial charge in [0.2, 0.25) is 0 Å². The molecule has 0 aromatic heterocycles. The molecule has 0 unspecified atom stereocenters. The molecule has 12 nitrogen and oxygen atoms in total. The van der Waals surface area contributed by atoms with Gasteiger partial charge in [0.05, 0.1) is 12.8 Å². The van der Waals surface area contributed by atoms with Gasteiger partial charge >= 0.3 is 24.1 Å². The summed E-state index contributed by atoms with van der Waals surface area (Å²) in [6, 6.07) is 0. The van der Waals surface area contributed by atoms with Crippen LogP contribution in [-0.4, -0.2) is 131 Å². The maximum Gasteiger partial charge on any atom is 0.407 e. The maximum absolute atomic E-state index is 12.1. The predicted octanol–water partition coefficient (Wildman–Crippen LogP) is 2.03. The Kier molecular flexibility index (Phi) is 12.4. The van der Waals surface area contributed by atoms with E-state index in [2.05, 4.69) is 0 Å². The summed E-state index contributed by atoms with van der Waals surface area (Å²) in [4.78, 5) is 54.3. The van der Waals surface area contributed by atoms with Crippen molar-refractivity contribution in [2.24, 2.45) is 0 Å². The van der Waals surface area contributed by atoms with Crippen LogP contribution in [0.2, 0.25) is 0 Å². The second-order valence-corrected chi connectivity index (χ2v) is 10.9. The van der Waals surface area contributed by atoms with Crippen molar-refractivity contribution in [3.63, 3.8) is 0 Å². The lowest BCUT2D eigenvalue weighted by Crippen LogP contribution is -2.48. The van der Waals surface area contributed by atoms with E-state index < -0.39 is 23.4 Å². The monoisotopic (exact) mass is 516 g/mol. The molecule has 0 aromatic rings. The molecular formula is C24H44N4O8. The lowest BCUT2D eigenvalue weighted by molar-refractivity contribution is -0.156. The molecular weight excluding hydrogens is 472 g/mol. The van der Waals surface area contributed by atoms with E-state index in [1.54, 1.807) is 41.5 Å². The summed E-state index contributed by atoms with van der Waals surface area (Å²) in [5.41, 5.74) is -1.21. The van der Waals surface area contributed by atoms with Crippen LogP contribution in [0.3, 0.4) is 0 Å². The van der Waals surface area contributed by atoms with E-state index in [1.807, 2.05) is 9.80 Å². The van der Waals surface area contributed by atoms with Crippen LogP contribution in [0.15, 0.2) is 0 Å². The molecule has 1 aliphatic heterocycles. The van der Waals surface area contributed by atoms with Crippen molar-refractivity contribution in [2.45, 2.75) is 65.6 Å². The molecule has 1 rings (SSSR count). The van der Waals surface area contributed by atoms with Crippen LogP contribution in [0.1, 0.15) is 54.4 Å². The SMILES string of the molecule is CC(C)(C)OC(=O)CCN1CCN(C(=O)O)CCN(CCC(=O)OC(C)(C)C)CCN(C(=O)O)CC1. The average Bonchev–Trinajstić information content (AvgIpc) is 2.69. The third-order valence-electron chi connectivity index (χ3n) is 5.39. The number of nitrogens with zero attached hydrogens (tertiary/aromatic N) is 4. The lowest BCUT2D eigenvalue weighted by atomic mass is 10.2. The molecule has 2 amide bonds. The zero-order chi connectivity index (χ0) is 27.5. The maximum atomic E-state index is 12.1. The topological polar surface area (TPSA) is 140 Å². The van der Waals surface area contributed by atoms with Crippen molar-refractivity contribution >= 4 is 24.1 Å². The van der Waals surface area contributed by atoms with E-state index in [0.29, 0.717) is 39.3 Å². The lowest BCUT2D eigenvalue weighted by Gasteiger charge is -2.33. The van der Waals surface area contributed by atoms with Gasteiger partial charge in [-0.3, -0.25) is 19.4 Å². The van der Waals surface area contributed by atoms with Crippen LogP contribution >= 0.6 is 0 Å². The highest BCUT2D eigenvalue weighted by Crippen LogP contribution is 2.10. The molecule has 0 saturated carbocycles. The number of carboxylic acid groups (broad SMARTS) is 2. The number of hydrogen-bond acceptors (Lipinski definition) is 8. The highest BCUT2D eigenvalue weighted by atomic mass is 16.6. The molecule has 1 aliphatic rings. The smallest absolute Gasteiger partial charge is 0.407 e. The van der Waals surface area contributed by atoms with Crippen molar-refractivity contribution in [1.82, 2.24) is 19.6 Å². The van der Waals surface area contributed by atoms with Crippen LogP contribution < -0.4 is 0 Å². The molecule has 36 heavy (non-hydrogen) atoms. The Labute approximate surface area is 214 Å². The average molecular weight is 517 g/mol. The highest BCUT2D eigenvalue weighted by molar-refractivity contribution is 5.70. The molecule has 0 bridgehead atoms. The van der Waals surface area contributed by atoms with Gasteiger partial charge in [0.1, 0.15) is 11.2 Å². The molecule has 0 aliphatic carbocycles. The van der Waals surface area contributed by atoms with Crippen molar-refractivity contribution < 1.29 is 38.9 Å². The Hall–Kier alpha value is -2.60. The van der Waals surface area contributed by atoms with Gasteiger partial charge in [-0.15, -0.1) is 0 Å². The van der Waals surface area contributed by atoms with Gasteiger partial charge < -0.3 is 29.5 Å². The molecule has 1 saturated heterocycles. The minimum Gasteiger partial charge on any atom is -0.465 e. The fourth-order valence-corrected chi connectivity index (χ4v) is 3.61. The van der Waals surface area contributed by atoms with Gasteiger partial charge in [-0.1, -0.05) is 0 Å². The molecule has 208 valence electrons. The molecule has 1 heterocycles. The summed E-state index contributed by atoms with van der Waals surface area (Å²) in [6.45, 7) is 13.6. The van der Waals surface area contributed by atoms with E-state index in [4.69, 9.17) is 9.47 Å². The van der Waals surface area contributed by atoms with E-state index in [1.165, 1.54) is 9.80 Å². The number of carbonyl (C=O) groups excluding carboxylic acids is 2. The number of rotatable bonds is 6. The van der Waals surface area contributed by atoms with E-state index in [9.17, 15) is 29.4 Å². The predicted molar refractivity (Wildman–Crippen MR) is 133 cm³/mol. The Morgan fingerprint density at radius 3 is 1.08 bits per heavy atom. The van der Waals surface area contributed by atoms with Crippen molar-refractivity contribution in [3.8, 4) is 0 Å². The molecule has 0 radical (unpaired) electrons. The quantitative estimate of drug-likeness (QED) is 0.504. The molecule has 0 aromatic carbocycles.